The monoisotopic (exact) mass is 266 g/mol. The average molecular weight is 267 g/mol. The summed E-state index contributed by atoms with van der Waals surface area (Å²) in [5.41, 5.74) is 0. The predicted molar refractivity (Wildman–Crippen MR) is 58.2 cm³/mol. The Morgan fingerprint density at radius 2 is 0.727 bits per heavy atom. The maximum absolute atomic E-state index is 2.43. The number of hydrogen-bond donors (Lipinski definition) is 0. The zero-order valence-corrected chi connectivity index (χ0v) is 11.5. The van der Waals surface area contributed by atoms with E-state index in [0.717, 1.165) is 0 Å². The van der Waals surface area contributed by atoms with Crippen LogP contribution < -0.4 is 0 Å². The van der Waals surface area contributed by atoms with Gasteiger partial charge in [-0.15, -0.1) is 0 Å². The van der Waals surface area contributed by atoms with Crippen molar-refractivity contribution in [3.05, 3.63) is 0 Å². The fourth-order valence-electron chi connectivity index (χ4n) is 2.24. The van der Waals surface area contributed by atoms with Crippen molar-refractivity contribution in [3.63, 3.8) is 0 Å². The van der Waals surface area contributed by atoms with Crippen LogP contribution in [0.4, 0.5) is 0 Å². The molecule has 0 aromatic carbocycles. The Morgan fingerprint density at radius 3 is 0.727 bits per heavy atom. The van der Waals surface area contributed by atoms with E-state index in [1.807, 2.05) is 0 Å². The summed E-state index contributed by atoms with van der Waals surface area (Å²) in [5, 5.41) is 0. The van der Waals surface area contributed by atoms with Gasteiger partial charge in [-0.25, -0.2) is 0 Å². The molecule has 0 amide bonds. The normalized spacial score (nSPS) is 15.9. The van der Waals surface area contributed by atoms with Crippen molar-refractivity contribution in [2.24, 2.45) is 0 Å². The Labute approximate surface area is 73.8 Å². The van der Waals surface area contributed by atoms with Crippen LogP contribution in [-0.4, -0.2) is 17.4 Å². The first-order valence-corrected chi connectivity index (χ1v) is 14.1. The molecule has 0 N–H and O–H groups in total. The standard InChI is InChI=1S/5C2H5.Sb/c5*1-2;/h5*1H2,2H3;. The molecule has 0 fully saturated rings. The van der Waals surface area contributed by atoms with E-state index in [1.54, 1.807) is 0 Å². The third kappa shape index (κ3) is 1.94. The molecular weight excluding hydrogens is 242 g/mol. The number of hydrogen-bond acceptors (Lipinski definition) is 0. The molecule has 0 bridgehead atoms. The molecule has 0 aliphatic heterocycles. The minimum absolute atomic E-state index is 1.54. The fourth-order valence-corrected chi connectivity index (χ4v) is 15.0. The Bertz CT molecular complexity index is 77.2. The van der Waals surface area contributed by atoms with Gasteiger partial charge < -0.3 is 0 Å². The molecule has 0 atom stereocenters. The topological polar surface area (TPSA) is 0 Å². The van der Waals surface area contributed by atoms with E-state index >= 15 is 0 Å². The molecule has 0 unspecified atom stereocenters. The Morgan fingerprint density at radius 1 is 0.545 bits per heavy atom. The third-order valence-electron chi connectivity index (χ3n) is 4.47. The molecule has 0 heterocycles. The molecule has 0 nitrogen and oxygen atoms in total. The molecule has 0 saturated heterocycles. The summed E-state index contributed by atoms with van der Waals surface area (Å²) in [4.78, 5) is 0. The molecule has 0 spiro atoms. The van der Waals surface area contributed by atoms with Crippen LogP contribution in [0.5, 0.6) is 0 Å². The van der Waals surface area contributed by atoms with Crippen LogP contribution in [0.3, 0.4) is 0 Å². The first-order chi connectivity index (χ1) is 5.12. The van der Waals surface area contributed by atoms with E-state index < -0.39 is 17.4 Å². The zero-order valence-electron chi connectivity index (χ0n) is 8.98. The fraction of sp³-hybridized carbons (Fsp3) is 1.00. The third-order valence-corrected chi connectivity index (χ3v) is 30.0. The van der Waals surface area contributed by atoms with Gasteiger partial charge in [0.2, 0.25) is 0 Å². The van der Waals surface area contributed by atoms with Gasteiger partial charge in [-0.05, 0) is 0 Å². The van der Waals surface area contributed by atoms with Crippen molar-refractivity contribution in [1.82, 2.24) is 0 Å². The second-order valence-corrected chi connectivity index (χ2v) is 25.6. The molecule has 0 rings (SSSR count). The van der Waals surface area contributed by atoms with E-state index in [1.165, 1.54) is 21.8 Å². The van der Waals surface area contributed by atoms with Gasteiger partial charge in [0.05, 0.1) is 0 Å². The van der Waals surface area contributed by atoms with Gasteiger partial charge in [-0.3, -0.25) is 0 Å². The van der Waals surface area contributed by atoms with E-state index in [0.29, 0.717) is 0 Å². The molecule has 0 saturated carbocycles. The SMILES string of the molecule is C[CH2][Sb]([CH2]C)([CH2]C)([CH2]C)[CH2]C. The van der Waals surface area contributed by atoms with Crippen LogP contribution >= 0.6 is 0 Å². The second-order valence-electron chi connectivity index (χ2n) is 3.82. The summed E-state index contributed by atoms with van der Waals surface area (Å²) in [7, 11) is 0. The van der Waals surface area contributed by atoms with Gasteiger partial charge in [0, 0.05) is 0 Å². The first kappa shape index (κ1) is 11.8. The van der Waals surface area contributed by atoms with Crippen molar-refractivity contribution < 1.29 is 0 Å². The average Bonchev–Trinajstić information content (AvgIpc) is 2.12. The molecular formula is C10H25Sb. The quantitative estimate of drug-likeness (QED) is 0.644. The van der Waals surface area contributed by atoms with E-state index in [9.17, 15) is 0 Å². The molecule has 1 heteroatoms. The van der Waals surface area contributed by atoms with Crippen LogP contribution in [0, 0.1) is 0 Å². The summed E-state index contributed by atoms with van der Waals surface area (Å²) in [6.45, 7) is 12.2. The van der Waals surface area contributed by atoms with Crippen LogP contribution in [0.25, 0.3) is 0 Å². The van der Waals surface area contributed by atoms with E-state index in [-0.39, 0.29) is 0 Å². The molecule has 0 aliphatic rings. The predicted octanol–water partition coefficient (Wildman–Crippen LogP) is 4.49. The molecule has 0 aliphatic carbocycles. The summed E-state index contributed by atoms with van der Waals surface area (Å²) in [6, 6.07) is 0. The minimum atomic E-state index is -1.98. The zero-order chi connectivity index (χ0) is 8.98. The second kappa shape index (κ2) is 4.17. The van der Waals surface area contributed by atoms with Crippen LogP contribution in [0.2, 0.25) is 21.8 Å². The van der Waals surface area contributed by atoms with Crippen LogP contribution in [-0.2, 0) is 0 Å². The van der Waals surface area contributed by atoms with Crippen molar-refractivity contribution >= 4 is 17.4 Å². The van der Waals surface area contributed by atoms with Crippen molar-refractivity contribution in [2.45, 2.75) is 56.5 Å². The summed E-state index contributed by atoms with van der Waals surface area (Å²) in [5.74, 6) is 0. The van der Waals surface area contributed by atoms with E-state index in [2.05, 4.69) is 34.6 Å². The number of rotatable bonds is 5. The Balaban J connectivity index is 4.67. The Hall–Kier alpha value is 0.818. The van der Waals surface area contributed by atoms with Crippen LogP contribution in [0.15, 0.2) is 0 Å². The van der Waals surface area contributed by atoms with Gasteiger partial charge >= 0.3 is 73.9 Å². The molecule has 70 valence electrons. The van der Waals surface area contributed by atoms with Crippen LogP contribution in [0.1, 0.15) is 34.6 Å². The summed E-state index contributed by atoms with van der Waals surface area (Å²) >= 11 is -1.98. The van der Waals surface area contributed by atoms with Gasteiger partial charge in [-0.2, -0.15) is 0 Å². The molecule has 0 aromatic heterocycles. The molecule has 11 heavy (non-hydrogen) atoms. The van der Waals surface area contributed by atoms with Crippen molar-refractivity contribution in [1.29, 1.82) is 0 Å². The first-order valence-electron chi connectivity index (χ1n) is 5.12. The van der Waals surface area contributed by atoms with Crippen molar-refractivity contribution in [3.8, 4) is 0 Å². The molecule has 0 aromatic rings. The van der Waals surface area contributed by atoms with Crippen molar-refractivity contribution in [2.75, 3.05) is 0 Å². The summed E-state index contributed by atoms with van der Waals surface area (Å²) in [6.07, 6.45) is 0. The van der Waals surface area contributed by atoms with Gasteiger partial charge in [0.1, 0.15) is 0 Å². The molecule has 0 radical (unpaired) electrons. The van der Waals surface area contributed by atoms with Gasteiger partial charge in [0.15, 0.2) is 0 Å². The maximum atomic E-state index is 2.43. The van der Waals surface area contributed by atoms with E-state index in [4.69, 9.17) is 0 Å². The van der Waals surface area contributed by atoms with Gasteiger partial charge in [0.25, 0.3) is 0 Å². The van der Waals surface area contributed by atoms with Gasteiger partial charge in [-0.1, -0.05) is 0 Å². The summed E-state index contributed by atoms with van der Waals surface area (Å²) < 4.78 is 7.68. The Kier molecular flexibility index (Phi) is 4.48.